The van der Waals surface area contributed by atoms with Gasteiger partial charge in [-0.2, -0.15) is 0 Å². The summed E-state index contributed by atoms with van der Waals surface area (Å²) in [5.41, 5.74) is 1.44. The zero-order chi connectivity index (χ0) is 11.2. The van der Waals surface area contributed by atoms with Crippen LogP contribution in [0.4, 0.5) is 0 Å². The molecular formula is C15H30. The first-order chi connectivity index (χ1) is 6.85. The second-order valence-corrected chi connectivity index (χ2v) is 2.94. The smallest absolute Gasteiger partial charge is 0.0281 e. The van der Waals surface area contributed by atoms with Crippen LogP contribution in [0, 0.1) is 0 Å². The molecule has 0 aliphatic heterocycles. The molecule has 15 heavy (non-hydrogen) atoms. The maximum Gasteiger partial charge on any atom is -0.0281 e. The Morgan fingerprint density at radius 2 is 1.27 bits per heavy atom. The Kier molecular flexibility index (Phi) is 24.9. The molecule has 0 heterocycles. The average Bonchev–Trinajstić information content (AvgIpc) is 2.24. The van der Waals surface area contributed by atoms with E-state index in [2.05, 4.69) is 51.1 Å². The van der Waals surface area contributed by atoms with E-state index in [1.807, 2.05) is 13.8 Å². The van der Waals surface area contributed by atoms with Gasteiger partial charge in [-0.05, 0) is 12.0 Å². The first-order valence-electron chi connectivity index (χ1n) is 5.89. The molecule has 1 aromatic carbocycles. The molecule has 90 valence electrons. The third-order valence-electron chi connectivity index (χ3n) is 1.38. The minimum atomic E-state index is 0. The van der Waals surface area contributed by atoms with Crippen molar-refractivity contribution in [1.82, 2.24) is 0 Å². The highest BCUT2D eigenvalue weighted by molar-refractivity contribution is 5.14. The van der Waals surface area contributed by atoms with Crippen LogP contribution in [0.1, 0.15) is 60.5 Å². The number of benzene rings is 1. The highest BCUT2D eigenvalue weighted by atomic mass is 13.9. The van der Waals surface area contributed by atoms with Crippen molar-refractivity contribution in [2.24, 2.45) is 0 Å². The molecule has 0 atom stereocenters. The van der Waals surface area contributed by atoms with Crippen LogP contribution in [0.2, 0.25) is 0 Å². The maximum atomic E-state index is 2.20. The summed E-state index contributed by atoms with van der Waals surface area (Å²) in [7, 11) is 0. The lowest BCUT2D eigenvalue weighted by atomic mass is 10.1. The van der Waals surface area contributed by atoms with Gasteiger partial charge >= 0.3 is 0 Å². The first kappa shape index (κ1) is 19.7. The Hall–Kier alpha value is -0.780. The summed E-state index contributed by atoms with van der Waals surface area (Å²) in [4.78, 5) is 0. The summed E-state index contributed by atoms with van der Waals surface area (Å²) < 4.78 is 0. The fraction of sp³-hybridized carbons (Fsp3) is 0.600. The van der Waals surface area contributed by atoms with Crippen molar-refractivity contribution in [2.75, 3.05) is 0 Å². The molecule has 1 rings (SSSR count). The van der Waals surface area contributed by atoms with E-state index in [0.717, 1.165) is 0 Å². The van der Waals surface area contributed by atoms with Gasteiger partial charge in [0.2, 0.25) is 0 Å². The molecule has 0 heteroatoms. The van der Waals surface area contributed by atoms with E-state index in [0.29, 0.717) is 0 Å². The zero-order valence-electron chi connectivity index (χ0n) is 10.5. The lowest BCUT2D eigenvalue weighted by Crippen LogP contribution is -1.78. The molecular weight excluding hydrogens is 180 g/mol. The van der Waals surface area contributed by atoms with E-state index in [1.54, 1.807) is 0 Å². The van der Waals surface area contributed by atoms with Crippen LogP contribution in [0.15, 0.2) is 30.3 Å². The van der Waals surface area contributed by atoms with E-state index in [4.69, 9.17) is 0 Å². The van der Waals surface area contributed by atoms with Crippen LogP contribution in [-0.4, -0.2) is 0 Å². The summed E-state index contributed by atoms with van der Waals surface area (Å²) >= 11 is 0. The van der Waals surface area contributed by atoms with Gasteiger partial charge in [0, 0.05) is 0 Å². The molecule has 0 fully saturated rings. The lowest BCUT2D eigenvalue weighted by Gasteiger charge is -1.93. The van der Waals surface area contributed by atoms with Crippen LogP contribution in [-0.2, 0) is 6.42 Å². The van der Waals surface area contributed by atoms with Crippen molar-refractivity contribution in [3.8, 4) is 0 Å². The Bertz CT molecular complexity index is 165. The van der Waals surface area contributed by atoms with Crippen LogP contribution in [0.5, 0.6) is 0 Å². The van der Waals surface area contributed by atoms with E-state index >= 15 is 0 Å². The van der Waals surface area contributed by atoms with Crippen molar-refractivity contribution >= 4 is 0 Å². The molecule has 1 aromatic rings. The molecule has 0 amide bonds. The maximum absolute atomic E-state index is 2.20. The summed E-state index contributed by atoms with van der Waals surface area (Å²) in [6, 6.07) is 10.6. The normalized spacial score (nSPS) is 7.27. The molecule has 0 aliphatic rings. The van der Waals surface area contributed by atoms with Crippen molar-refractivity contribution in [1.29, 1.82) is 0 Å². The van der Waals surface area contributed by atoms with Crippen LogP contribution < -0.4 is 0 Å². The van der Waals surface area contributed by atoms with Gasteiger partial charge in [-0.1, -0.05) is 85.2 Å². The molecule has 0 saturated heterocycles. The topological polar surface area (TPSA) is 0 Å². The van der Waals surface area contributed by atoms with Gasteiger partial charge in [-0.3, -0.25) is 0 Å². The van der Waals surface area contributed by atoms with Crippen LogP contribution in [0.25, 0.3) is 0 Å². The quantitative estimate of drug-likeness (QED) is 0.586. The second-order valence-electron chi connectivity index (χ2n) is 2.94. The lowest BCUT2D eigenvalue weighted by molar-refractivity contribution is 0.922. The standard InChI is InChI=1S/C9H12.C3H8.C2H6.CH4/c1-2-6-9-7-4-3-5-8-9;1-3-2;1-2;/h3-5,7-8H,2,6H2,1H3;3H2,1-2H3;1-2H3;1H4. The largest absolute Gasteiger partial charge is 0.0776 e. The first-order valence-corrected chi connectivity index (χ1v) is 5.89. The predicted octanol–water partition coefficient (Wildman–Crippen LogP) is 5.72. The molecule has 0 unspecified atom stereocenters. The Balaban J connectivity index is -0.000000209. The molecule has 0 spiro atoms. The third-order valence-corrected chi connectivity index (χ3v) is 1.38. The molecule has 0 aromatic heterocycles. The van der Waals surface area contributed by atoms with Crippen LogP contribution in [0.3, 0.4) is 0 Å². The molecule has 0 bridgehead atoms. The Morgan fingerprint density at radius 1 is 0.867 bits per heavy atom. The van der Waals surface area contributed by atoms with Gasteiger partial charge in [-0.25, -0.2) is 0 Å². The van der Waals surface area contributed by atoms with E-state index < -0.39 is 0 Å². The minimum Gasteiger partial charge on any atom is -0.0776 e. The van der Waals surface area contributed by atoms with Gasteiger partial charge in [0.05, 0.1) is 0 Å². The summed E-state index contributed by atoms with van der Waals surface area (Å²) in [5.74, 6) is 0. The van der Waals surface area contributed by atoms with Crippen molar-refractivity contribution in [3.05, 3.63) is 35.9 Å². The van der Waals surface area contributed by atoms with Gasteiger partial charge in [0.25, 0.3) is 0 Å². The highest BCUT2D eigenvalue weighted by Gasteiger charge is 1.84. The fourth-order valence-corrected chi connectivity index (χ4v) is 0.933. The molecule has 0 N–H and O–H groups in total. The zero-order valence-corrected chi connectivity index (χ0v) is 10.5. The second kappa shape index (κ2) is 18.9. The fourth-order valence-electron chi connectivity index (χ4n) is 0.933. The van der Waals surface area contributed by atoms with E-state index in [1.165, 1.54) is 24.8 Å². The van der Waals surface area contributed by atoms with Crippen molar-refractivity contribution < 1.29 is 0 Å². The average molecular weight is 210 g/mol. The van der Waals surface area contributed by atoms with Crippen molar-refractivity contribution in [3.63, 3.8) is 0 Å². The summed E-state index contributed by atoms with van der Waals surface area (Å²) in [6.07, 6.45) is 3.70. The van der Waals surface area contributed by atoms with Gasteiger partial charge in [0.15, 0.2) is 0 Å². The van der Waals surface area contributed by atoms with E-state index in [-0.39, 0.29) is 7.43 Å². The molecule has 0 aliphatic carbocycles. The minimum absolute atomic E-state index is 0. The van der Waals surface area contributed by atoms with E-state index in [9.17, 15) is 0 Å². The molecule has 0 nitrogen and oxygen atoms in total. The number of hydrogen-bond acceptors (Lipinski definition) is 0. The third kappa shape index (κ3) is 15.9. The number of hydrogen-bond donors (Lipinski definition) is 0. The molecule has 0 saturated carbocycles. The number of aryl methyl sites for hydroxylation is 1. The molecule has 0 radical (unpaired) electrons. The Morgan fingerprint density at radius 3 is 1.60 bits per heavy atom. The highest BCUT2D eigenvalue weighted by Crippen LogP contribution is 2.00. The van der Waals surface area contributed by atoms with Crippen LogP contribution >= 0.6 is 0 Å². The monoisotopic (exact) mass is 210 g/mol. The predicted molar refractivity (Wildman–Crippen MR) is 74.5 cm³/mol. The van der Waals surface area contributed by atoms with Gasteiger partial charge in [-0.15, -0.1) is 0 Å². The van der Waals surface area contributed by atoms with Gasteiger partial charge in [0.1, 0.15) is 0 Å². The van der Waals surface area contributed by atoms with Crippen molar-refractivity contribution in [2.45, 2.75) is 61.3 Å². The van der Waals surface area contributed by atoms with Gasteiger partial charge < -0.3 is 0 Å². The summed E-state index contributed by atoms with van der Waals surface area (Å²) in [6.45, 7) is 10.5. The number of rotatable bonds is 2. The summed E-state index contributed by atoms with van der Waals surface area (Å²) in [5, 5.41) is 0. The SMILES string of the molecule is C.CC.CCC.CCCc1ccccc1. The Labute approximate surface area is 97.7 Å².